The van der Waals surface area contributed by atoms with Gasteiger partial charge in [-0.3, -0.25) is 9.59 Å². The van der Waals surface area contributed by atoms with Crippen molar-refractivity contribution in [1.82, 2.24) is 10.2 Å². The summed E-state index contributed by atoms with van der Waals surface area (Å²) in [4.78, 5) is 25.4. The molecule has 0 aliphatic carbocycles. The molecule has 1 amide bonds. The lowest BCUT2D eigenvalue weighted by atomic mass is 10.0. The van der Waals surface area contributed by atoms with Crippen molar-refractivity contribution < 1.29 is 9.59 Å². The molecule has 0 radical (unpaired) electrons. The number of benzene rings is 1. The number of nitrogens with zero attached hydrogens (tertiary/aromatic N) is 1. The minimum absolute atomic E-state index is 0. The van der Waals surface area contributed by atoms with Gasteiger partial charge in [0.15, 0.2) is 5.78 Å². The molecule has 1 saturated heterocycles. The molecule has 0 saturated carbocycles. The van der Waals surface area contributed by atoms with E-state index < -0.39 is 0 Å². The van der Waals surface area contributed by atoms with E-state index in [1.165, 1.54) is 6.92 Å². The summed E-state index contributed by atoms with van der Waals surface area (Å²) in [6.45, 7) is 3.11. The number of likely N-dealkylation sites (tertiary alicyclic amines) is 1. The van der Waals surface area contributed by atoms with Crippen molar-refractivity contribution in [2.24, 2.45) is 0 Å². The Hall–Kier alpha value is -1.39. The number of halogens is 1. The fourth-order valence-corrected chi connectivity index (χ4v) is 2.40. The van der Waals surface area contributed by atoms with E-state index in [1.807, 2.05) is 11.9 Å². The van der Waals surface area contributed by atoms with E-state index in [1.54, 1.807) is 24.3 Å². The van der Waals surface area contributed by atoms with Crippen molar-refractivity contribution in [3.8, 4) is 0 Å². The Labute approximate surface area is 125 Å². The van der Waals surface area contributed by atoms with Crippen molar-refractivity contribution in [1.29, 1.82) is 0 Å². The Morgan fingerprint density at radius 2 is 1.60 bits per heavy atom. The molecule has 5 heteroatoms. The molecular weight excluding hydrogens is 276 g/mol. The molecule has 1 aromatic rings. The summed E-state index contributed by atoms with van der Waals surface area (Å²) >= 11 is 0. The van der Waals surface area contributed by atoms with Gasteiger partial charge < -0.3 is 10.2 Å². The molecule has 1 heterocycles. The molecule has 0 atom stereocenters. The number of carbonyl (C=O) groups excluding carboxylic acids is 2. The molecule has 1 aliphatic rings. The van der Waals surface area contributed by atoms with Crippen molar-refractivity contribution >= 4 is 24.1 Å². The predicted molar refractivity (Wildman–Crippen MR) is 81.7 cm³/mol. The third-order valence-electron chi connectivity index (χ3n) is 3.73. The highest BCUT2D eigenvalue weighted by atomic mass is 35.5. The quantitative estimate of drug-likeness (QED) is 0.870. The first kappa shape index (κ1) is 16.7. The van der Waals surface area contributed by atoms with Gasteiger partial charge in [-0.05, 0) is 38.9 Å². The van der Waals surface area contributed by atoms with Gasteiger partial charge in [0.2, 0.25) is 0 Å². The van der Waals surface area contributed by atoms with Gasteiger partial charge in [-0.1, -0.05) is 12.1 Å². The van der Waals surface area contributed by atoms with Crippen LogP contribution in [0.3, 0.4) is 0 Å². The van der Waals surface area contributed by atoms with Gasteiger partial charge in [0.25, 0.3) is 5.91 Å². The maximum Gasteiger partial charge on any atom is 0.253 e. The van der Waals surface area contributed by atoms with E-state index in [4.69, 9.17) is 0 Å². The van der Waals surface area contributed by atoms with E-state index in [2.05, 4.69) is 5.32 Å². The third-order valence-corrected chi connectivity index (χ3v) is 3.73. The molecule has 2 rings (SSSR count). The van der Waals surface area contributed by atoms with E-state index in [0.717, 1.165) is 25.9 Å². The second-order valence-electron chi connectivity index (χ2n) is 4.99. The van der Waals surface area contributed by atoms with E-state index >= 15 is 0 Å². The largest absolute Gasteiger partial charge is 0.339 e. The first-order chi connectivity index (χ1) is 9.11. The summed E-state index contributed by atoms with van der Waals surface area (Å²) in [5.41, 5.74) is 1.30. The maximum absolute atomic E-state index is 12.3. The van der Waals surface area contributed by atoms with Crippen LogP contribution >= 0.6 is 12.4 Å². The Balaban J connectivity index is 0.00000200. The van der Waals surface area contributed by atoms with Crippen LogP contribution in [0.5, 0.6) is 0 Å². The fraction of sp³-hybridized carbons (Fsp3) is 0.467. The molecule has 1 aliphatic heterocycles. The van der Waals surface area contributed by atoms with Gasteiger partial charge in [0, 0.05) is 30.3 Å². The number of amides is 1. The van der Waals surface area contributed by atoms with Crippen LogP contribution in [0.1, 0.15) is 40.5 Å². The van der Waals surface area contributed by atoms with Crippen molar-refractivity contribution in [2.45, 2.75) is 25.8 Å². The number of piperidine rings is 1. The Bertz CT molecular complexity index is 465. The van der Waals surface area contributed by atoms with Crippen LogP contribution in [0, 0.1) is 0 Å². The fourth-order valence-electron chi connectivity index (χ4n) is 2.40. The minimum Gasteiger partial charge on any atom is -0.339 e. The summed E-state index contributed by atoms with van der Waals surface area (Å²) in [6, 6.07) is 7.43. The van der Waals surface area contributed by atoms with Gasteiger partial charge in [-0.25, -0.2) is 0 Å². The standard InChI is InChI=1S/C15H20N2O2.ClH/c1-11(18)12-3-5-13(6-4-12)15(19)17-9-7-14(16-2)8-10-17;/h3-6,14,16H,7-10H2,1-2H3;1H. The lowest BCUT2D eigenvalue weighted by Gasteiger charge is -2.31. The Morgan fingerprint density at radius 3 is 2.05 bits per heavy atom. The van der Waals surface area contributed by atoms with Crippen LogP contribution in [0.4, 0.5) is 0 Å². The van der Waals surface area contributed by atoms with Gasteiger partial charge in [-0.15, -0.1) is 12.4 Å². The second kappa shape index (κ2) is 7.41. The SMILES string of the molecule is CNC1CCN(C(=O)c2ccc(C(C)=O)cc2)CC1.Cl. The average molecular weight is 297 g/mol. The van der Waals surface area contributed by atoms with Crippen LogP contribution in [-0.2, 0) is 0 Å². The molecule has 20 heavy (non-hydrogen) atoms. The lowest BCUT2D eigenvalue weighted by Crippen LogP contribution is -2.43. The van der Waals surface area contributed by atoms with Crippen molar-refractivity contribution in [3.05, 3.63) is 35.4 Å². The zero-order valence-electron chi connectivity index (χ0n) is 11.9. The highest BCUT2D eigenvalue weighted by Crippen LogP contribution is 2.14. The highest BCUT2D eigenvalue weighted by Gasteiger charge is 2.22. The molecule has 0 aromatic heterocycles. The number of carbonyl (C=O) groups is 2. The molecule has 1 fully saturated rings. The molecule has 0 unspecified atom stereocenters. The third kappa shape index (κ3) is 3.81. The smallest absolute Gasteiger partial charge is 0.253 e. The number of rotatable bonds is 3. The second-order valence-corrected chi connectivity index (χ2v) is 4.99. The van der Waals surface area contributed by atoms with Gasteiger partial charge in [0.1, 0.15) is 0 Å². The number of ketones is 1. The normalized spacial score (nSPS) is 15.6. The Kier molecular flexibility index (Phi) is 6.17. The average Bonchev–Trinajstić information content (AvgIpc) is 2.46. The number of nitrogens with one attached hydrogen (secondary N) is 1. The summed E-state index contributed by atoms with van der Waals surface area (Å²) in [7, 11) is 1.96. The number of hydrogen-bond acceptors (Lipinski definition) is 3. The van der Waals surface area contributed by atoms with Crippen LogP contribution < -0.4 is 5.32 Å². The predicted octanol–water partition coefficient (Wildman–Crippen LogP) is 2.14. The highest BCUT2D eigenvalue weighted by molar-refractivity contribution is 5.97. The number of hydrogen-bond donors (Lipinski definition) is 1. The zero-order valence-corrected chi connectivity index (χ0v) is 12.7. The summed E-state index contributed by atoms with van der Waals surface area (Å²) in [5.74, 6) is 0.0819. The summed E-state index contributed by atoms with van der Waals surface area (Å²) in [6.07, 6.45) is 1.99. The maximum atomic E-state index is 12.3. The Morgan fingerprint density at radius 1 is 1.10 bits per heavy atom. The number of Topliss-reactive ketones (excluding diaryl/α,β-unsaturated/α-hetero) is 1. The van der Waals surface area contributed by atoms with Crippen LogP contribution in [0.15, 0.2) is 24.3 Å². The first-order valence-electron chi connectivity index (χ1n) is 6.69. The molecule has 110 valence electrons. The van der Waals surface area contributed by atoms with Gasteiger partial charge >= 0.3 is 0 Å². The van der Waals surface area contributed by atoms with Crippen molar-refractivity contribution in [3.63, 3.8) is 0 Å². The van der Waals surface area contributed by atoms with Crippen LogP contribution in [-0.4, -0.2) is 42.8 Å². The summed E-state index contributed by atoms with van der Waals surface area (Å²) in [5, 5.41) is 3.25. The molecule has 4 nitrogen and oxygen atoms in total. The monoisotopic (exact) mass is 296 g/mol. The summed E-state index contributed by atoms with van der Waals surface area (Å²) < 4.78 is 0. The molecular formula is C15H21ClN2O2. The van der Waals surface area contributed by atoms with Gasteiger partial charge in [0.05, 0.1) is 0 Å². The van der Waals surface area contributed by atoms with Crippen molar-refractivity contribution in [2.75, 3.05) is 20.1 Å². The van der Waals surface area contributed by atoms with E-state index in [9.17, 15) is 9.59 Å². The lowest BCUT2D eigenvalue weighted by molar-refractivity contribution is 0.0707. The van der Waals surface area contributed by atoms with Crippen LogP contribution in [0.2, 0.25) is 0 Å². The van der Waals surface area contributed by atoms with E-state index in [-0.39, 0.29) is 24.1 Å². The van der Waals surface area contributed by atoms with Gasteiger partial charge in [-0.2, -0.15) is 0 Å². The molecule has 0 spiro atoms. The molecule has 1 N–H and O–H groups in total. The molecule has 0 bridgehead atoms. The molecule has 1 aromatic carbocycles. The minimum atomic E-state index is 0. The van der Waals surface area contributed by atoms with E-state index in [0.29, 0.717) is 17.2 Å². The first-order valence-corrected chi connectivity index (χ1v) is 6.69. The van der Waals surface area contributed by atoms with Crippen LogP contribution in [0.25, 0.3) is 0 Å². The topological polar surface area (TPSA) is 49.4 Å². The zero-order chi connectivity index (χ0) is 13.8.